The Labute approximate surface area is 111 Å². The molecule has 0 aromatic rings. The van der Waals surface area contributed by atoms with Crippen LogP contribution in [0.15, 0.2) is 0 Å². The summed E-state index contributed by atoms with van der Waals surface area (Å²) >= 11 is 0. The minimum absolute atomic E-state index is 0. The maximum absolute atomic E-state index is 9.66. The predicted octanol–water partition coefficient (Wildman–Crippen LogP) is 1.40. The van der Waals surface area contributed by atoms with Crippen LogP contribution in [0.4, 0.5) is 0 Å². The van der Waals surface area contributed by atoms with E-state index in [0.29, 0.717) is 5.92 Å². The van der Waals surface area contributed by atoms with Crippen molar-refractivity contribution < 1.29 is 5.11 Å². The molecule has 0 radical (unpaired) electrons. The molecule has 4 heteroatoms. The van der Waals surface area contributed by atoms with Gasteiger partial charge in [-0.15, -0.1) is 12.4 Å². The molecule has 0 spiro atoms. The molecule has 0 amide bonds. The molecule has 3 N–H and O–H groups in total. The van der Waals surface area contributed by atoms with Crippen LogP contribution in [-0.4, -0.2) is 37.4 Å². The van der Waals surface area contributed by atoms with Gasteiger partial charge in [0.1, 0.15) is 0 Å². The maximum atomic E-state index is 9.66. The molecular formula is C13H27ClN2O. The third-order valence-electron chi connectivity index (χ3n) is 4.28. The predicted molar refractivity (Wildman–Crippen MR) is 73.6 cm³/mol. The second kappa shape index (κ2) is 7.57. The summed E-state index contributed by atoms with van der Waals surface area (Å²) in [6, 6.07) is 0. The lowest BCUT2D eigenvalue weighted by atomic mass is 9.83. The first kappa shape index (κ1) is 15.2. The van der Waals surface area contributed by atoms with Crippen LogP contribution in [0.25, 0.3) is 0 Å². The van der Waals surface area contributed by atoms with E-state index in [9.17, 15) is 5.11 Å². The van der Waals surface area contributed by atoms with Crippen molar-refractivity contribution in [3.8, 4) is 0 Å². The van der Waals surface area contributed by atoms with Gasteiger partial charge in [-0.2, -0.15) is 0 Å². The zero-order valence-corrected chi connectivity index (χ0v) is 11.6. The fourth-order valence-corrected chi connectivity index (χ4v) is 2.93. The van der Waals surface area contributed by atoms with Crippen molar-refractivity contribution >= 4 is 12.4 Å². The lowest BCUT2D eigenvalue weighted by molar-refractivity contribution is 0.144. The molecular weight excluding hydrogens is 236 g/mol. The quantitative estimate of drug-likeness (QED) is 0.718. The molecule has 2 aliphatic rings. The summed E-state index contributed by atoms with van der Waals surface area (Å²) in [5.74, 6) is 2.24. The summed E-state index contributed by atoms with van der Waals surface area (Å²) in [4.78, 5) is 0. The molecule has 0 aromatic heterocycles. The molecule has 102 valence electrons. The van der Waals surface area contributed by atoms with Crippen LogP contribution in [0.3, 0.4) is 0 Å². The minimum atomic E-state index is -0.140. The third kappa shape index (κ3) is 4.74. The van der Waals surface area contributed by atoms with Gasteiger partial charge in [-0.1, -0.05) is 19.8 Å². The van der Waals surface area contributed by atoms with Gasteiger partial charge in [-0.3, -0.25) is 0 Å². The van der Waals surface area contributed by atoms with Gasteiger partial charge in [0.05, 0.1) is 6.10 Å². The van der Waals surface area contributed by atoms with E-state index < -0.39 is 0 Å². The van der Waals surface area contributed by atoms with Crippen molar-refractivity contribution in [3.05, 3.63) is 0 Å². The summed E-state index contributed by atoms with van der Waals surface area (Å²) in [5.41, 5.74) is 0. The number of hydrogen-bond donors (Lipinski definition) is 3. The molecule has 2 atom stereocenters. The molecule has 2 unspecified atom stereocenters. The molecule has 1 aliphatic carbocycles. The Bertz CT molecular complexity index is 208. The standard InChI is InChI=1S/C13H26N2O.ClH/c1-10-2-4-11(5-3-10)6-14-7-12-8-15-9-13(12)16;/h10-16H,2-9H2,1H3;1H. The molecule has 0 bridgehead atoms. The van der Waals surface area contributed by atoms with Crippen LogP contribution >= 0.6 is 12.4 Å². The second-order valence-corrected chi connectivity index (χ2v) is 5.77. The lowest BCUT2D eigenvalue weighted by Crippen LogP contribution is -2.34. The summed E-state index contributed by atoms with van der Waals surface area (Å²) < 4.78 is 0. The van der Waals surface area contributed by atoms with E-state index in [-0.39, 0.29) is 18.5 Å². The number of nitrogens with one attached hydrogen (secondary N) is 2. The van der Waals surface area contributed by atoms with E-state index in [2.05, 4.69) is 17.6 Å². The van der Waals surface area contributed by atoms with Crippen molar-refractivity contribution in [1.82, 2.24) is 10.6 Å². The van der Waals surface area contributed by atoms with Crippen molar-refractivity contribution in [3.63, 3.8) is 0 Å². The topological polar surface area (TPSA) is 44.3 Å². The van der Waals surface area contributed by atoms with E-state index >= 15 is 0 Å². The number of rotatable bonds is 4. The van der Waals surface area contributed by atoms with Crippen molar-refractivity contribution in [2.24, 2.45) is 17.8 Å². The molecule has 1 saturated carbocycles. The van der Waals surface area contributed by atoms with Crippen LogP contribution < -0.4 is 10.6 Å². The number of aliphatic hydroxyl groups is 1. The Hall–Kier alpha value is 0.170. The summed E-state index contributed by atoms with van der Waals surface area (Å²) in [7, 11) is 0. The van der Waals surface area contributed by atoms with Crippen LogP contribution in [0.5, 0.6) is 0 Å². The van der Waals surface area contributed by atoms with E-state index in [0.717, 1.165) is 38.0 Å². The summed E-state index contributed by atoms with van der Waals surface area (Å²) in [5, 5.41) is 16.4. The van der Waals surface area contributed by atoms with Crippen LogP contribution in [0, 0.1) is 17.8 Å². The van der Waals surface area contributed by atoms with Crippen molar-refractivity contribution in [1.29, 1.82) is 0 Å². The monoisotopic (exact) mass is 262 g/mol. The number of β-amino-alcohol motifs (C(OH)–C–C–N with tert-alkyl or cyclic N) is 1. The SMILES string of the molecule is CC1CCC(CNCC2CNCC2O)CC1.Cl. The van der Waals surface area contributed by atoms with Gasteiger partial charge < -0.3 is 15.7 Å². The Morgan fingerprint density at radius 2 is 1.82 bits per heavy atom. The Morgan fingerprint density at radius 3 is 2.41 bits per heavy atom. The third-order valence-corrected chi connectivity index (χ3v) is 4.28. The molecule has 0 aromatic carbocycles. The highest BCUT2D eigenvalue weighted by molar-refractivity contribution is 5.85. The van der Waals surface area contributed by atoms with Gasteiger partial charge in [0.15, 0.2) is 0 Å². The normalized spacial score (nSPS) is 37.8. The zero-order valence-electron chi connectivity index (χ0n) is 10.8. The molecule has 3 nitrogen and oxygen atoms in total. The zero-order chi connectivity index (χ0) is 11.4. The van der Waals surface area contributed by atoms with Gasteiger partial charge in [-0.25, -0.2) is 0 Å². The maximum Gasteiger partial charge on any atom is 0.0716 e. The fraction of sp³-hybridized carbons (Fsp3) is 1.00. The largest absolute Gasteiger partial charge is 0.391 e. The first-order valence-corrected chi connectivity index (χ1v) is 6.85. The molecule has 2 rings (SSSR count). The van der Waals surface area contributed by atoms with Gasteiger partial charge in [-0.05, 0) is 31.2 Å². The van der Waals surface area contributed by atoms with E-state index in [1.165, 1.54) is 25.7 Å². The van der Waals surface area contributed by atoms with Gasteiger partial charge in [0, 0.05) is 25.6 Å². The first-order valence-electron chi connectivity index (χ1n) is 6.85. The molecule has 17 heavy (non-hydrogen) atoms. The Morgan fingerprint density at radius 1 is 1.12 bits per heavy atom. The van der Waals surface area contributed by atoms with E-state index in [1.54, 1.807) is 0 Å². The molecule has 2 fully saturated rings. The summed E-state index contributed by atoms with van der Waals surface area (Å²) in [6.07, 6.45) is 5.44. The highest BCUT2D eigenvalue weighted by Gasteiger charge is 2.25. The van der Waals surface area contributed by atoms with Crippen molar-refractivity contribution in [2.45, 2.75) is 38.7 Å². The van der Waals surface area contributed by atoms with Gasteiger partial charge in [0.2, 0.25) is 0 Å². The lowest BCUT2D eigenvalue weighted by Gasteiger charge is -2.27. The van der Waals surface area contributed by atoms with Crippen molar-refractivity contribution in [2.75, 3.05) is 26.2 Å². The average molecular weight is 263 g/mol. The fourth-order valence-electron chi connectivity index (χ4n) is 2.93. The Balaban J connectivity index is 0.00000144. The molecule has 1 aliphatic heterocycles. The van der Waals surface area contributed by atoms with Crippen LogP contribution in [0.2, 0.25) is 0 Å². The average Bonchev–Trinajstić information content (AvgIpc) is 2.68. The minimum Gasteiger partial charge on any atom is -0.391 e. The van der Waals surface area contributed by atoms with Crippen LogP contribution in [0.1, 0.15) is 32.6 Å². The number of aliphatic hydroxyl groups excluding tert-OH is 1. The molecule has 1 saturated heterocycles. The number of hydrogen-bond acceptors (Lipinski definition) is 3. The smallest absolute Gasteiger partial charge is 0.0716 e. The summed E-state index contributed by atoms with van der Waals surface area (Å²) in [6.45, 7) is 6.23. The van der Waals surface area contributed by atoms with Gasteiger partial charge in [0.25, 0.3) is 0 Å². The van der Waals surface area contributed by atoms with Gasteiger partial charge >= 0.3 is 0 Å². The van der Waals surface area contributed by atoms with E-state index in [4.69, 9.17) is 0 Å². The molecule has 1 heterocycles. The van der Waals surface area contributed by atoms with Crippen LogP contribution in [-0.2, 0) is 0 Å². The number of halogens is 1. The Kier molecular flexibility index (Phi) is 6.78. The first-order chi connectivity index (χ1) is 7.75. The highest BCUT2D eigenvalue weighted by Crippen LogP contribution is 2.27. The second-order valence-electron chi connectivity index (χ2n) is 5.77. The van der Waals surface area contributed by atoms with E-state index in [1.807, 2.05) is 0 Å². The highest BCUT2D eigenvalue weighted by atomic mass is 35.5.